The van der Waals surface area contributed by atoms with E-state index in [0.717, 1.165) is 11.2 Å². The molecular formula is C19H16N2O. The Morgan fingerprint density at radius 1 is 0.818 bits per heavy atom. The van der Waals surface area contributed by atoms with Gasteiger partial charge in [-0.05, 0) is 24.3 Å². The SMILES string of the molecule is O=C(Cn1ccccc1=Nc1ccccc1)c1ccccc1. The molecule has 2 aromatic carbocycles. The summed E-state index contributed by atoms with van der Waals surface area (Å²) in [7, 11) is 0. The highest BCUT2D eigenvalue weighted by Crippen LogP contribution is 2.08. The highest BCUT2D eigenvalue weighted by Gasteiger charge is 2.06. The summed E-state index contributed by atoms with van der Waals surface area (Å²) in [6.45, 7) is 0.274. The van der Waals surface area contributed by atoms with Gasteiger partial charge in [-0.1, -0.05) is 54.6 Å². The minimum absolute atomic E-state index is 0.0707. The lowest BCUT2D eigenvalue weighted by Crippen LogP contribution is -2.23. The number of aromatic nitrogens is 1. The fraction of sp³-hybridized carbons (Fsp3) is 0.0526. The number of pyridine rings is 1. The van der Waals surface area contributed by atoms with E-state index in [0.29, 0.717) is 5.56 Å². The number of rotatable bonds is 4. The molecule has 0 fully saturated rings. The number of hydrogen-bond donors (Lipinski definition) is 0. The van der Waals surface area contributed by atoms with E-state index in [1.807, 2.05) is 89.6 Å². The van der Waals surface area contributed by atoms with Crippen LogP contribution in [-0.2, 0) is 6.54 Å². The molecule has 22 heavy (non-hydrogen) atoms. The van der Waals surface area contributed by atoms with E-state index in [9.17, 15) is 4.79 Å². The van der Waals surface area contributed by atoms with Gasteiger partial charge in [0.2, 0.25) is 0 Å². The lowest BCUT2D eigenvalue weighted by Gasteiger charge is -2.07. The number of carbonyl (C=O) groups excluding carboxylic acids is 1. The molecule has 108 valence electrons. The summed E-state index contributed by atoms with van der Waals surface area (Å²) in [4.78, 5) is 17.0. The first-order valence-corrected chi connectivity index (χ1v) is 7.16. The molecule has 1 aromatic heterocycles. The first-order valence-electron chi connectivity index (χ1n) is 7.16. The van der Waals surface area contributed by atoms with Crippen LogP contribution in [0.4, 0.5) is 5.69 Å². The molecule has 3 heteroatoms. The second-order valence-corrected chi connectivity index (χ2v) is 4.92. The quantitative estimate of drug-likeness (QED) is 0.675. The predicted octanol–water partition coefficient (Wildman–Crippen LogP) is 3.60. The van der Waals surface area contributed by atoms with Gasteiger partial charge in [-0.15, -0.1) is 0 Å². The van der Waals surface area contributed by atoms with Crippen molar-refractivity contribution in [2.75, 3.05) is 0 Å². The smallest absolute Gasteiger partial charge is 0.182 e. The highest BCUT2D eigenvalue weighted by atomic mass is 16.1. The monoisotopic (exact) mass is 288 g/mol. The van der Waals surface area contributed by atoms with Gasteiger partial charge in [0.15, 0.2) is 5.78 Å². The molecule has 0 saturated heterocycles. The third-order valence-electron chi connectivity index (χ3n) is 3.33. The first kappa shape index (κ1) is 14.0. The maximum absolute atomic E-state index is 12.4. The van der Waals surface area contributed by atoms with Gasteiger partial charge in [0.1, 0.15) is 5.49 Å². The summed E-state index contributed by atoms with van der Waals surface area (Å²) < 4.78 is 1.86. The van der Waals surface area contributed by atoms with Gasteiger partial charge in [0.05, 0.1) is 12.2 Å². The van der Waals surface area contributed by atoms with Crippen molar-refractivity contribution in [2.24, 2.45) is 4.99 Å². The summed E-state index contributed by atoms with van der Waals surface area (Å²) in [5.74, 6) is 0.0707. The molecule has 0 radical (unpaired) electrons. The molecule has 0 bridgehead atoms. The minimum atomic E-state index is 0.0707. The second kappa shape index (κ2) is 6.68. The molecule has 0 atom stereocenters. The van der Waals surface area contributed by atoms with E-state index in [-0.39, 0.29) is 12.3 Å². The third-order valence-corrected chi connectivity index (χ3v) is 3.33. The minimum Gasteiger partial charge on any atom is -0.325 e. The van der Waals surface area contributed by atoms with Crippen LogP contribution in [0.25, 0.3) is 0 Å². The Hall–Kier alpha value is -2.94. The molecule has 0 spiro atoms. The van der Waals surface area contributed by atoms with E-state index in [4.69, 9.17) is 0 Å². The van der Waals surface area contributed by atoms with Crippen LogP contribution in [0.3, 0.4) is 0 Å². The average molecular weight is 288 g/mol. The fourth-order valence-electron chi connectivity index (χ4n) is 2.21. The van der Waals surface area contributed by atoms with E-state index < -0.39 is 0 Å². The Bertz CT molecular complexity index is 821. The standard InChI is InChI=1S/C19H16N2O/c22-18(16-9-3-1-4-10-16)15-21-14-8-7-13-19(21)20-17-11-5-2-6-12-17/h1-14H,15H2. The van der Waals surface area contributed by atoms with Crippen LogP contribution in [0, 0.1) is 0 Å². The van der Waals surface area contributed by atoms with Crippen LogP contribution >= 0.6 is 0 Å². The van der Waals surface area contributed by atoms with Crippen molar-refractivity contribution in [3.8, 4) is 0 Å². The van der Waals surface area contributed by atoms with E-state index in [1.54, 1.807) is 0 Å². The third kappa shape index (κ3) is 3.38. The largest absolute Gasteiger partial charge is 0.325 e. The Morgan fingerprint density at radius 2 is 1.45 bits per heavy atom. The van der Waals surface area contributed by atoms with Crippen LogP contribution in [0.2, 0.25) is 0 Å². The molecule has 0 unspecified atom stereocenters. The highest BCUT2D eigenvalue weighted by molar-refractivity contribution is 5.95. The zero-order valence-corrected chi connectivity index (χ0v) is 12.1. The van der Waals surface area contributed by atoms with Gasteiger partial charge < -0.3 is 4.57 Å². The summed E-state index contributed by atoms with van der Waals surface area (Å²) in [5.41, 5.74) is 2.34. The molecule has 3 aromatic rings. The number of benzene rings is 2. The summed E-state index contributed by atoms with van der Waals surface area (Å²) in [6, 6.07) is 24.8. The summed E-state index contributed by atoms with van der Waals surface area (Å²) in [6.07, 6.45) is 1.88. The zero-order valence-electron chi connectivity index (χ0n) is 12.1. The predicted molar refractivity (Wildman–Crippen MR) is 86.9 cm³/mol. The number of ketones is 1. The molecule has 3 nitrogen and oxygen atoms in total. The lowest BCUT2D eigenvalue weighted by atomic mass is 10.1. The molecule has 1 heterocycles. The number of nitrogens with zero attached hydrogens (tertiary/aromatic N) is 2. The summed E-state index contributed by atoms with van der Waals surface area (Å²) in [5, 5.41) is 0. The van der Waals surface area contributed by atoms with Crippen molar-refractivity contribution >= 4 is 11.5 Å². The van der Waals surface area contributed by atoms with Crippen molar-refractivity contribution < 1.29 is 4.79 Å². The van der Waals surface area contributed by atoms with Gasteiger partial charge >= 0.3 is 0 Å². The van der Waals surface area contributed by atoms with E-state index >= 15 is 0 Å². The molecule has 3 rings (SSSR count). The molecule has 0 N–H and O–H groups in total. The van der Waals surface area contributed by atoms with E-state index in [2.05, 4.69) is 4.99 Å². The van der Waals surface area contributed by atoms with E-state index in [1.165, 1.54) is 0 Å². The van der Waals surface area contributed by atoms with Gasteiger partial charge in [-0.2, -0.15) is 0 Å². The number of Topliss-reactive ketones (excluding diaryl/α,β-unsaturated/α-hetero) is 1. The van der Waals surface area contributed by atoms with Crippen molar-refractivity contribution in [3.05, 3.63) is 96.1 Å². The number of para-hydroxylation sites is 1. The molecule has 0 aliphatic heterocycles. The van der Waals surface area contributed by atoms with Gasteiger partial charge in [-0.3, -0.25) is 4.79 Å². The Balaban J connectivity index is 1.92. The Morgan fingerprint density at radius 3 is 2.18 bits per heavy atom. The topological polar surface area (TPSA) is 34.4 Å². The van der Waals surface area contributed by atoms with Crippen LogP contribution in [0.1, 0.15) is 10.4 Å². The molecule has 0 saturated carbocycles. The van der Waals surface area contributed by atoms with Crippen molar-refractivity contribution in [3.63, 3.8) is 0 Å². The van der Waals surface area contributed by atoms with Gasteiger partial charge in [0, 0.05) is 11.8 Å². The van der Waals surface area contributed by atoms with Crippen molar-refractivity contribution in [1.29, 1.82) is 0 Å². The second-order valence-electron chi connectivity index (χ2n) is 4.92. The fourth-order valence-corrected chi connectivity index (χ4v) is 2.21. The Labute approximate surface area is 129 Å². The number of hydrogen-bond acceptors (Lipinski definition) is 2. The van der Waals surface area contributed by atoms with Crippen LogP contribution in [0.15, 0.2) is 90.1 Å². The van der Waals surface area contributed by atoms with Crippen LogP contribution in [0.5, 0.6) is 0 Å². The zero-order chi connectivity index (χ0) is 15.2. The van der Waals surface area contributed by atoms with Crippen LogP contribution in [-0.4, -0.2) is 10.4 Å². The molecule has 0 aliphatic rings. The average Bonchev–Trinajstić information content (AvgIpc) is 2.58. The van der Waals surface area contributed by atoms with Crippen molar-refractivity contribution in [2.45, 2.75) is 6.54 Å². The first-order chi connectivity index (χ1) is 10.8. The van der Waals surface area contributed by atoms with Gasteiger partial charge in [0.25, 0.3) is 0 Å². The molecular weight excluding hydrogens is 272 g/mol. The van der Waals surface area contributed by atoms with Gasteiger partial charge in [-0.25, -0.2) is 4.99 Å². The summed E-state index contributed by atoms with van der Waals surface area (Å²) >= 11 is 0. The molecule has 0 aliphatic carbocycles. The normalized spacial score (nSPS) is 11.4. The maximum atomic E-state index is 12.4. The number of carbonyl (C=O) groups is 1. The molecule has 0 amide bonds. The maximum Gasteiger partial charge on any atom is 0.182 e. The Kier molecular flexibility index (Phi) is 4.25. The van der Waals surface area contributed by atoms with Crippen LogP contribution < -0.4 is 5.49 Å². The lowest BCUT2D eigenvalue weighted by molar-refractivity contribution is 0.0970. The van der Waals surface area contributed by atoms with Crippen molar-refractivity contribution in [1.82, 2.24) is 4.57 Å².